The van der Waals surface area contributed by atoms with E-state index in [2.05, 4.69) is 12.2 Å². The number of rotatable bonds is 5. The highest BCUT2D eigenvalue weighted by Crippen LogP contribution is 2.28. The smallest absolute Gasteiger partial charge is 0.244 e. The van der Waals surface area contributed by atoms with Gasteiger partial charge in [-0.1, -0.05) is 55.5 Å². The number of amides is 2. The molecule has 0 aliphatic carbocycles. The summed E-state index contributed by atoms with van der Waals surface area (Å²) in [6.45, 7) is 4.05. The molecule has 2 aromatic rings. The third kappa shape index (κ3) is 3.99. The van der Waals surface area contributed by atoms with Gasteiger partial charge in [-0.2, -0.15) is 0 Å². The Morgan fingerprint density at radius 1 is 1.15 bits per heavy atom. The van der Waals surface area contributed by atoms with Gasteiger partial charge in [-0.15, -0.1) is 11.8 Å². The first-order chi connectivity index (χ1) is 12.6. The van der Waals surface area contributed by atoms with Crippen molar-refractivity contribution in [3.63, 3.8) is 0 Å². The maximum Gasteiger partial charge on any atom is 0.244 e. The van der Waals surface area contributed by atoms with E-state index in [9.17, 15) is 9.59 Å². The summed E-state index contributed by atoms with van der Waals surface area (Å²) in [5.74, 6) is 0.122. The van der Waals surface area contributed by atoms with Crippen LogP contribution in [0.3, 0.4) is 0 Å². The molecule has 4 nitrogen and oxygen atoms in total. The maximum absolute atomic E-state index is 12.7. The summed E-state index contributed by atoms with van der Waals surface area (Å²) in [4.78, 5) is 26.7. The minimum Gasteiger partial charge on any atom is -0.324 e. The van der Waals surface area contributed by atoms with Gasteiger partial charge in [0.1, 0.15) is 6.54 Å². The van der Waals surface area contributed by atoms with E-state index in [0.29, 0.717) is 5.75 Å². The van der Waals surface area contributed by atoms with Crippen LogP contribution in [0.15, 0.2) is 53.9 Å². The van der Waals surface area contributed by atoms with E-state index in [4.69, 9.17) is 0 Å². The highest BCUT2D eigenvalue weighted by atomic mass is 32.2. The fourth-order valence-electron chi connectivity index (χ4n) is 3.00. The van der Waals surface area contributed by atoms with Gasteiger partial charge in [-0.05, 0) is 35.4 Å². The van der Waals surface area contributed by atoms with E-state index < -0.39 is 0 Å². The van der Waals surface area contributed by atoms with Gasteiger partial charge in [0.2, 0.25) is 11.8 Å². The second-order valence-corrected chi connectivity index (χ2v) is 7.03. The number of anilines is 1. The number of nitrogens with zero attached hydrogens (tertiary/aromatic N) is 1. The van der Waals surface area contributed by atoms with Crippen LogP contribution in [-0.2, 0) is 16.0 Å². The Morgan fingerprint density at radius 2 is 1.92 bits per heavy atom. The molecule has 1 N–H and O–H groups in total. The van der Waals surface area contributed by atoms with Gasteiger partial charge < -0.3 is 10.2 Å². The van der Waals surface area contributed by atoms with Crippen LogP contribution in [0.25, 0.3) is 5.70 Å². The van der Waals surface area contributed by atoms with Crippen LogP contribution < -0.4 is 5.32 Å². The SMILES string of the molecule is CCc1cccc(C)c1NC(=O)CN1C(=O)CSC=C1c1ccccc1. The Morgan fingerprint density at radius 3 is 2.65 bits per heavy atom. The number of thioether (sulfide) groups is 1. The van der Waals surface area contributed by atoms with Crippen molar-refractivity contribution in [1.29, 1.82) is 0 Å². The predicted molar refractivity (Wildman–Crippen MR) is 108 cm³/mol. The highest BCUT2D eigenvalue weighted by molar-refractivity contribution is 8.03. The summed E-state index contributed by atoms with van der Waals surface area (Å²) in [5.41, 5.74) is 4.69. The topological polar surface area (TPSA) is 49.4 Å². The average Bonchev–Trinajstić information content (AvgIpc) is 2.65. The van der Waals surface area contributed by atoms with Crippen molar-refractivity contribution < 1.29 is 9.59 Å². The largest absolute Gasteiger partial charge is 0.324 e. The highest BCUT2D eigenvalue weighted by Gasteiger charge is 2.25. The molecule has 0 aromatic heterocycles. The van der Waals surface area contributed by atoms with Gasteiger partial charge in [-0.3, -0.25) is 9.59 Å². The van der Waals surface area contributed by atoms with Gasteiger partial charge in [0.05, 0.1) is 11.4 Å². The molecular formula is C21H22N2O2S. The Kier molecular flexibility index (Phi) is 5.78. The number of hydrogen-bond acceptors (Lipinski definition) is 3. The summed E-state index contributed by atoms with van der Waals surface area (Å²) in [5, 5.41) is 4.96. The Hall–Kier alpha value is -2.53. The lowest BCUT2D eigenvalue weighted by Gasteiger charge is -2.28. The van der Waals surface area contributed by atoms with Crippen molar-refractivity contribution in [1.82, 2.24) is 4.90 Å². The van der Waals surface area contributed by atoms with E-state index >= 15 is 0 Å². The fourth-order valence-corrected chi connectivity index (χ4v) is 3.80. The van der Waals surface area contributed by atoms with Crippen LogP contribution in [0.4, 0.5) is 5.69 Å². The molecule has 1 aliphatic heterocycles. The first-order valence-corrected chi connectivity index (χ1v) is 9.71. The molecule has 3 rings (SSSR count). The molecule has 0 radical (unpaired) electrons. The molecule has 5 heteroatoms. The van der Waals surface area contributed by atoms with Crippen LogP contribution in [0.2, 0.25) is 0 Å². The molecular weight excluding hydrogens is 344 g/mol. The van der Waals surface area contributed by atoms with Crippen LogP contribution >= 0.6 is 11.8 Å². The molecule has 1 aliphatic rings. The zero-order valence-electron chi connectivity index (χ0n) is 15.0. The zero-order chi connectivity index (χ0) is 18.5. The number of carbonyl (C=O) groups excluding carboxylic acids is 2. The van der Waals surface area contributed by atoms with Crippen LogP contribution in [0, 0.1) is 6.92 Å². The molecule has 0 unspecified atom stereocenters. The molecule has 0 atom stereocenters. The molecule has 0 spiro atoms. The van der Waals surface area contributed by atoms with Gasteiger partial charge in [0.25, 0.3) is 0 Å². The van der Waals surface area contributed by atoms with E-state index in [0.717, 1.165) is 34.5 Å². The van der Waals surface area contributed by atoms with Crippen molar-refractivity contribution in [3.05, 3.63) is 70.6 Å². The van der Waals surface area contributed by atoms with Gasteiger partial charge >= 0.3 is 0 Å². The molecule has 0 saturated carbocycles. The van der Waals surface area contributed by atoms with Crippen molar-refractivity contribution in [3.8, 4) is 0 Å². The molecule has 134 valence electrons. The number of nitrogens with one attached hydrogen (secondary N) is 1. The third-order valence-corrected chi connectivity index (χ3v) is 5.17. The molecule has 1 heterocycles. The second-order valence-electron chi connectivity index (χ2n) is 6.17. The third-order valence-electron chi connectivity index (χ3n) is 4.37. The molecule has 0 saturated heterocycles. The van der Waals surface area contributed by atoms with E-state index in [-0.39, 0.29) is 18.4 Å². The Bertz CT molecular complexity index is 846. The number of aryl methyl sites for hydroxylation is 2. The van der Waals surface area contributed by atoms with E-state index in [1.54, 1.807) is 4.90 Å². The normalized spacial score (nSPS) is 14.2. The molecule has 26 heavy (non-hydrogen) atoms. The number of benzene rings is 2. The fraction of sp³-hybridized carbons (Fsp3) is 0.238. The average molecular weight is 366 g/mol. The summed E-state index contributed by atoms with van der Waals surface area (Å²) >= 11 is 1.46. The molecule has 2 amide bonds. The zero-order valence-corrected chi connectivity index (χ0v) is 15.8. The Balaban J connectivity index is 1.80. The second kappa shape index (κ2) is 8.23. The predicted octanol–water partition coefficient (Wildman–Crippen LogP) is 4.07. The van der Waals surface area contributed by atoms with Crippen LogP contribution in [0.1, 0.15) is 23.6 Å². The first-order valence-electron chi connectivity index (χ1n) is 8.66. The number of hydrogen-bond donors (Lipinski definition) is 1. The monoisotopic (exact) mass is 366 g/mol. The van der Waals surface area contributed by atoms with Gasteiger partial charge in [0.15, 0.2) is 0 Å². The summed E-state index contributed by atoms with van der Waals surface area (Å²) in [6.07, 6.45) is 0.839. The number of para-hydroxylation sites is 1. The summed E-state index contributed by atoms with van der Waals surface area (Å²) in [7, 11) is 0. The van der Waals surface area contributed by atoms with Crippen LogP contribution in [0.5, 0.6) is 0 Å². The summed E-state index contributed by atoms with van der Waals surface area (Å²) < 4.78 is 0. The van der Waals surface area contributed by atoms with Crippen molar-refractivity contribution >= 4 is 35.0 Å². The minimum atomic E-state index is -0.184. The lowest BCUT2D eigenvalue weighted by molar-refractivity contribution is -0.129. The standard InChI is InChI=1S/C21H22N2O2S/c1-3-16-11-7-8-15(2)21(16)22-19(24)12-23-18(13-26-14-20(23)25)17-9-5-4-6-10-17/h4-11,13H,3,12,14H2,1-2H3,(H,22,24). The molecule has 2 aromatic carbocycles. The molecule has 0 bridgehead atoms. The maximum atomic E-state index is 12.7. The Labute approximate surface area is 158 Å². The lowest BCUT2D eigenvalue weighted by atomic mass is 10.1. The molecule has 0 fully saturated rings. The number of carbonyl (C=O) groups is 2. The van der Waals surface area contributed by atoms with Gasteiger partial charge in [0, 0.05) is 5.69 Å². The summed E-state index contributed by atoms with van der Waals surface area (Å²) in [6, 6.07) is 15.7. The van der Waals surface area contributed by atoms with Crippen molar-refractivity contribution in [2.24, 2.45) is 0 Å². The van der Waals surface area contributed by atoms with Gasteiger partial charge in [-0.25, -0.2) is 0 Å². The van der Waals surface area contributed by atoms with Crippen LogP contribution in [-0.4, -0.2) is 29.0 Å². The first kappa shape index (κ1) is 18.3. The minimum absolute atomic E-state index is 0.0115. The van der Waals surface area contributed by atoms with Crippen molar-refractivity contribution in [2.45, 2.75) is 20.3 Å². The quantitative estimate of drug-likeness (QED) is 0.868. The van der Waals surface area contributed by atoms with E-state index in [1.807, 2.05) is 60.9 Å². The van der Waals surface area contributed by atoms with E-state index in [1.165, 1.54) is 11.8 Å². The lowest BCUT2D eigenvalue weighted by Crippen LogP contribution is -2.39. The van der Waals surface area contributed by atoms with Crippen molar-refractivity contribution in [2.75, 3.05) is 17.6 Å².